The monoisotopic (exact) mass is 334 g/mol. The SMILES string of the molecule is Cn1ncc(Cl)c1-c1nnc2sc(-c3ccccc3F)nn12. The van der Waals surface area contributed by atoms with Gasteiger partial charge in [-0.1, -0.05) is 35.1 Å². The highest BCUT2D eigenvalue weighted by Gasteiger charge is 2.20. The van der Waals surface area contributed by atoms with Crippen LogP contribution in [0.5, 0.6) is 0 Å². The Balaban J connectivity index is 1.92. The van der Waals surface area contributed by atoms with E-state index in [1.807, 2.05) is 0 Å². The van der Waals surface area contributed by atoms with E-state index in [1.54, 1.807) is 34.4 Å². The van der Waals surface area contributed by atoms with Crippen molar-refractivity contribution in [1.82, 2.24) is 29.6 Å². The Labute approximate surface area is 132 Å². The third-order valence-corrected chi connectivity index (χ3v) is 4.41. The highest BCUT2D eigenvalue weighted by molar-refractivity contribution is 7.19. The second kappa shape index (κ2) is 4.85. The highest BCUT2D eigenvalue weighted by Crippen LogP contribution is 2.31. The Morgan fingerprint density at radius 2 is 2.05 bits per heavy atom. The first-order valence-electron chi connectivity index (χ1n) is 6.30. The van der Waals surface area contributed by atoms with Gasteiger partial charge in [-0.25, -0.2) is 4.39 Å². The molecule has 0 N–H and O–H groups in total. The molecule has 9 heteroatoms. The van der Waals surface area contributed by atoms with Crippen molar-refractivity contribution in [2.75, 3.05) is 0 Å². The van der Waals surface area contributed by atoms with Crippen LogP contribution in [-0.2, 0) is 7.05 Å². The summed E-state index contributed by atoms with van der Waals surface area (Å²) in [5.41, 5.74) is 1.04. The maximum absolute atomic E-state index is 13.9. The van der Waals surface area contributed by atoms with Gasteiger partial charge in [0.25, 0.3) is 0 Å². The van der Waals surface area contributed by atoms with Gasteiger partial charge in [-0.3, -0.25) is 4.68 Å². The molecule has 4 aromatic rings. The normalized spacial score (nSPS) is 11.4. The molecule has 22 heavy (non-hydrogen) atoms. The molecule has 110 valence electrons. The molecule has 0 aliphatic carbocycles. The van der Waals surface area contributed by atoms with Crippen LogP contribution in [0.15, 0.2) is 30.5 Å². The van der Waals surface area contributed by atoms with Crippen molar-refractivity contribution >= 4 is 27.9 Å². The second-order valence-electron chi connectivity index (χ2n) is 4.57. The first kappa shape index (κ1) is 13.4. The fourth-order valence-electron chi connectivity index (χ4n) is 2.17. The first-order valence-corrected chi connectivity index (χ1v) is 7.49. The Bertz CT molecular complexity index is 968. The molecule has 0 saturated heterocycles. The van der Waals surface area contributed by atoms with Gasteiger partial charge in [0.2, 0.25) is 10.8 Å². The summed E-state index contributed by atoms with van der Waals surface area (Å²) in [5.74, 6) is 0.145. The van der Waals surface area contributed by atoms with E-state index in [0.29, 0.717) is 32.1 Å². The lowest BCUT2D eigenvalue weighted by Gasteiger charge is -1.99. The highest BCUT2D eigenvalue weighted by atomic mass is 35.5. The Morgan fingerprint density at radius 1 is 1.23 bits per heavy atom. The third-order valence-electron chi connectivity index (χ3n) is 3.20. The van der Waals surface area contributed by atoms with Crippen molar-refractivity contribution in [3.63, 3.8) is 0 Å². The van der Waals surface area contributed by atoms with Crippen LogP contribution in [0.4, 0.5) is 4.39 Å². The molecule has 3 aromatic heterocycles. The summed E-state index contributed by atoms with van der Waals surface area (Å²) in [6.45, 7) is 0. The van der Waals surface area contributed by atoms with Crippen molar-refractivity contribution in [2.45, 2.75) is 0 Å². The van der Waals surface area contributed by atoms with Crippen LogP contribution in [-0.4, -0.2) is 29.6 Å². The predicted molar refractivity (Wildman–Crippen MR) is 81.3 cm³/mol. The molecule has 0 unspecified atom stereocenters. The molecule has 0 radical (unpaired) electrons. The minimum Gasteiger partial charge on any atom is -0.263 e. The van der Waals surface area contributed by atoms with Crippen LogP contribution >= 0.6 is 22.9 Å². The topological polar surface area (TPSA) is 60.9 Å². The maximum Gasteiger partial charge on any atom is 0.235 e. The summed E-state index contributed by atoms with van der Waals surface area (Å²) in [6, 6.07) is 6.48. The zero-order valence-corrected chi connectivity index (χ0v) is 12.8. The first-order chi connectivity index (χ1) is 10.6. The summed E-state index contributed by atoms with van der Waals surface area (Å²) < 4.78 is 17.0. The van der Waals surface area contributed by atoms with Crippen molar-refractivity contribution in [3.05, 3.63) is 41.3 Å². The van der Waals surface area contributed by atoms with E-state index in [-0.39, 0.29) is 5.82 Å². The van der Waals surface area contributed by atoms with Crippen molar-refractivity contribution < 1.29 is 4.39 Å². The average molecular weight is 335 g/mol. The molecule has 0 amide bonds. The van der Waals surface area contributed by atoms with Crippen LogP contribution in [0.1, 0.15) is 0 Å². The van der Waals surface area contributed by atoms with E-state index in [0.717, 1.165) is 0 Å². The summed E-state index contributed by atoms with van der Waals surface area (Å²) in [4.78, 5) is 0.561. The summed E-state index contributed by atoms with van der Waals surface area (Å²) in [7, 11) is 1.76. The van der Waals surface area contributed by atoms with Crippen LogP contribution in [0, 0.1) is 5.82 Å². The molecular weight excluding hydrogens is 327 g/mol. The number of nitrogens with zero attached hydrogens (tertiary/aromatic N) is 6. The number of benzene rings is 1. The van der Waals surface area contributed by atoms with E-state index < -0.39 is 0 Å². The quantitative estimate of drug-likeness (QED) is 0.565. The molecule has 0 atom stereocenters. The number of fused-ring (bicyclic) bond motifs is 1. The number of hydrogen-bond acceptors (Lipinski definition) is 5. The van der Waals surface area contributed by atoms with Crippen LogP contribution in [0.2, 0.25) is 5.02 Å². The maximum atomic E-state index is 13.9. The zero-order valence-electron chi connectivity index (χ0n) is 11.2. The lowest BCUT2D eigenvalue weighted by molar-refractivity contribution is 0.631. The van der Waals surface area contributed by atoms with E-state index in [2.05, 4.69) is 20.4 Å². The van der Waals surface area contributed by atoms with Crippen LogP contribution < -0.4 is 0 Å². The Hall–Kier alpha value is -2.32. The molecule has 0 aliphatic heterocycles. The third kappa shape index (κ3) is 1.92. The number of aromatic nitrogens is 6. The summed E-state index contributed by atoms with van der Waals surface area (Å²) in [6.07, 6.45) is 1.53. The van der Waals surface area contributed by atoms with E-state index >= 15 is 0 Å². The minimum atomic E-state index is -0.326. The lowest BCUT2D eigenvalue weighted by atomic mass is 10.2. The van der Waals surface area contributed by atoms with Crippen LogP contribution in [0.3, 0.4) is 0 Å². The van der Waals surface area contributed by atoms with E-state index in [9.17, 15) is 4.39 Å². The van der Waals surface area contributed by atoms with Gasteiger partial charge in [0, 0.05) is 12.6 Å². The van der Waals surface area contributed by atoms with Gasteiger partial charge >= 0.3 is 0 Å². The number of halogens is 2. The van der Waals surface area contributed by atoms with Gasteiger partial charge in [0.1, 0.15) is 11.5 Å². The lowest BCUT2D eigenvalue weighted by Crippen LogP contribution is -1.99. The average Bonchev–Trinajstić information content (AvgIpc) is 3.15. The van der Waals surface area contributed by atoms with Crippen molar-refractivity contribution in [3.8, 4) is 22.1 Å². The van der Waals surface area contributed by atoms with Crippen LogP contribution in [0.25, 0.3) is 27.1 Å². The molecule has 0 bridgehead atoms. The molecule has 3 heterocycles. The van der Waals surface area contributed by atoms with Crippen molar-refractivity contribution in [1.29, 1.82) is 0 Å². The van der Waals surface area contributed by atoms with Gasteiger partial charge in [-0.15, -0.1) is 10.2 Å². The smallest absolute Gasteiger partial charge is 0.235 e. The molecule has 6 nitrogen and oxygen atoms in total. The zero-order chi connectivity index (χ0) is 15.3. The standard InChI is InChI=1S/C13H8ClFN6S/c1-20-10(8(14)6-16-20)11-17-18-13-21(11)19-12(22-13)7-4-2-3-5-9(7)15/h2-6H,1H3. The predicted octanol–water partition coefficient (Wildman–Crippen LogP) is 3.05. The summed E-state index contributed by atoms with van der Waals surface area (Å²) in [5, 5.41) is 17.7. The minimum absolute atomic E-state index is 0.326. The summed E-state index contributed by atoms with van der Waals surface area (Å²) >= 11 is 7.40. The van der Waals surface area contributed by atoms with Gasteiger partial charge in [-0.2, -0.15) is 14.7 Å². The van der Waals surface area contributed by atoms with Crippen molar-refractivity contribution in [2.24, 2.45) is 7.05 Å². The van der Waals surface area contributed by atoms with Gasteiger partial charge in [0.05, 0.1) is 11.2 Å². The van der Waals surface area contributed by atoms with Gasteiger partial charge in [0.15, 0.2) is 5.01 Å². The van der Waals surface area contributed by atoms with E-state index in [4.69, 9.17) is 11.6 Å². The largest absolute Gasteiger partial charge is 0.263 e. The number of rotatable bonds is 2. The molecule has 0 spiro atoms. The molecule has 4 rings (SSSR count). The fourth-order valence-corrected chi connectivity index (χ4v) is 3.29. The molecule has 0 saturated carbocycles. The Kier molecular flexibility index (Phi) is 2.95. The molecule has 0 fully saturated rings. The molecular formula is C13H8ClFN6S. The molecule has 1 aromatic carbocycles. The van der Waals surface area contributed by atoms with E-state index in [1.165, 1.54) is 23.6 Å². The molecule has 0 aliphatic rings. The fraction of sp³-hybridized carbons (Fsp3) is 0.0769. The van der Waals surface area contributed by atoms with Gasteiger partial charge in [-0.05, 0) is 12.1 Å². The Morgan fingerprint density at radius 3 is 2.77 bits per heavy atom. The number of hydrogen-bond donors (Lipinski definition) is 0. The number of aryl methyl sites for hydroxylation is 1. The van der Waals surface area contributed by atoms with Gasteiger partial charge < -0.3 is 0 Å². The second-order valence-corrected chi connectivity index (χ2v) is 5.93.